The third-order valence-corrected chi connectivity index (χ3v) is 13.6. The Kier molecular flexibility index (Phi) is 20.4. The molecule has 6 aromatic rings. The third-order valence-electron chi connectivity index (χ3n) is 13.1. The highest BCUT2D eigenvalue weighted by Crippen LogP contribution is 2.34. The van der Waals surface area contributed by atoms with Gasteiger partial charge in [-0.2, -0.15) is 0 Å². The summed E-state index contributed by atoms with van der Waals surface area (Å²) in [6.07, 6.45) is 22.7. The molecule has 0 amide bonds. The van der Waals surface area contributed by atoms with Crippen molar-refractivity contribution >= 4 is 38.3 Å². The van der Waals surface area contributed by atoms with Crippen LogP contribution in [0.1, 0.15) is 139 Å². The number of imidazole rings is 2. The van der Waals surface area contributed by atoms with E-state index in [0.717, 1.165) is 77.1 Å². The number of hydrogen-bond donors (Lipinski definition) is 0. The summed E-state index contributed by atoms with van der Waals surface area (Å²) in [4.78, 5) is 64.8. The van der Waals surface area contributed by atoms with Crippen LogP contribution in [0.5, 0.6) is 0 Å². The molecule has 1 aliphatic carbocycles. The van der Waals surface area contributed by atoms with Crippen LogP contribution in [0.4, 0.5) is 0 Å². The highest BCUT2D eigenvalue weighted by atomic mass is 79.9. The van der Waals surface area contributed by atoms with Crippen molar-refractivity contribution in [1.29, 1.82) is 0 Å². The summed E-state index contributed by atoms with van der Waals surface area (Å²) in [6, 6.07) is 15.6. The van der Waals surface area contributed by atoms with Gasteiger partial charge in [-0.1, -0.05) is 106 Å². The van der Waals surface area contributed by atoms with Crippen molar-refractivity contribution in [2.75, 3.05) is 18.4 Å². The molecule has 1 saturated heterocycles. The molecule has 8 rings (SSSR count). The second-order valence-corrected chi connectivity index (χ2v) is 18.1. The molecular weight excluding hydrogens is 885 g/mol. The average molecular weight is 960 g/mol. The maximum absolute atomic E-state index is 12.5. The summed E-state index contributed by atoms with van der Waals surface area (Å²) in [5, 5.41) is 1.04. The van der Waals surface area contributed by atoms with Crippen LogP contribution < -0.4 is 22.5 Å². The molecule has 6 heterocycles. The van der Waals surface area contributed by atoms with Crippen LogP contribution in [0, 0.1) is 0 Å². The minimum atomic E-state index is -0.339. The van der Waals surface area contributed by atoms with E-state index in [0.29, 0.717) is 28.4 Å². The van der Waals surface area contributed by atoms with Gasteiger partial charge in [-0.25, -0.2) is 19.6 Å². The lowest BCUT2D eigenvalue weighted by atomic mass is 9.98. The maximum atomic E-state index is 12.5. The quantitative estimate of drug-likeness (QED) is 0.0739. The zero-order chi connectivity index (χ0) is 45.0. The summed E-state index contributed by atoms with van der Waals surface area (Å²) < 4.78 is 8.83. The Hall–Kier alpha value is -4.89. The van der Waals surface area contributed by atoms with Gasteiger partial charge >= 0.3 is 11.4 Å². The highest BCUT2D eigenvalue weighted by Gasteiger charge is 2.25. The van der Waals surface area contributed by atoms with Gasteiger partial charge in [-0.05, 0) is 87.6 Å². The molecule has 1 aliphatic heterocycles. The van der Waals surface area contributed by atoms with Gasteiger partial charge in [0.2, 0.25) is 0 Å². The van der Waals surface area contributed by atoms with E-state index < -0.39 is 0 Å². The Morgan fingerprint density at radius 2 is 1.08 bits per heavy atom. The van der Waals surface area contributed by atoms with Gasteiger partial charge in [0.1, 0.15) is 11.6 Å². The molecular formula is C50H75BrN10O4. The molecule has 0 spiro atoms. The van der Waals surface area contributed by atoms with E-state index in [1.54, 1.807) is 19.7 Å². The number of unbranched alkanes of at least 4 members (excludes halogenated alkanes) is 6. The van der Waals surface area contributed by atoms with Crippen molar-refractivity contribution in [2.45, 2.75) is 130 Å². The number of likely N-dealkylation sites (tertiary alicyclic amines) is 1. The lowest BCUT2D eigenvalue weighted by Gasteiger charge is -2.24. The lowest BCUT2D eigenvalue weighted by Crippen LogP contribution is -2.37. The predicted molar refractivity (Wildman–Crippen MR) is 269 cm³/mol. The number of nitrogens with zero attached hydrogens (tertiary/aromatic N) is 10. The summed E-state index contributed by atoms with van der Waals surface area (Å²) >= 11 is 3.42. The zero-order valence-corrected chi connectivity index (χ0v) is 39.9. The van der Waals surface area contributed by atoms with Crippen molar-refractivity contribution in [2.24, 2.45) is 42.3 Å². The number of fused-ring (bicyclic) bond motifs is 2. The fourth-order valence-corrected chi connectivity index (χ4v) is 9.68. The number of pyridine rings is 1. The molecule has 1 aromatic carbocycles. The molecule has 0 bridgehead atoms. The van der Waals surface area contributed by atoms with E-state index in [1.165, 1.54) is 99.5 Å². The Morgan fingerprint density at radius 1 is 0.569 bits per heavy atom. The normalized spacial score (nSPS) is 15.0. The maximum Gasteiger partial charge on any atom is 0.332 e. The lowest BCUT2D eigenvalue weighted by molar-refractivity contribution is 0.250. The first-order valence-electron chi connectivity index (χ1n) is 22.9. The van der Waals surface area contributed by atoms with E-state index in [1.807, 2.05) is 41.7 Å². The van der Waals surface area contributed by atoms with Crippen molar-refractivity contribution in [3.8, 4) is 0 Å². The number of rotatable bonds is 15. The van der Waals surface area contributed by atoms with E-state index in [2.05, 4.69) is 72.2 Å². The van der Waals surface area contributed by atoms with E-state index in [-0.39, 0.29) is 37.4 Å². The Morgan fingerprint density at radius 3 is 1.58 bits per heavy atom. The van der Waals surface area contributed by atoms with Crippen LogP contribution in [0.15, 0.2) is 74.0 Å². The van der Waals surface area contributed by atoms with E-state index in [9.17, 15) is 19.2 Å². The molecule has 5 aromatic heterocycles. The molecule has 0 radical (unpaired) electrons. The van der Waals surface area contributed by atoms with Gasteiger partial charge in [0.05, 0.1) is 0 Å². The SMILES string of the molecule is C.C.Cn1c(=O)c2c(nc(CCCCCCBr)n2C)n(C)c1=O.Cn1c(=O)c2c(nc(CCCCCCN3CCCC3c3cccnc3)n2C)n(C)c1=O.c1ccc(C2CCCC2)cc1. The Bertz CT molecular complexity index is 2650. The van der Waals surface area contributed by atoms with Crippen LogP contribution in [0.3, 0.4) is 0 Å². The van der Waals surface area contributed by atoms with Gasteiger partial charge in [0.25, 0.3) is 11.1 Å². The average Bonchev–Trinajstić information content (AvgIpc) is 4.13. The molecule has 2 fully saturated rings. The van der Waals surface area contributed by atoms with Gasteiger partial charge in [0.15, 0.2) is 22.3 Å². The topological polar surface area (TPSA) is 140 Å². The first-order chi connectivity index (χ1) is 30.4. The summed E-state index contributed by atoms with van der Waals surface area (Å²) in [6.45, 7) is 2.30. The minimum absolute atomic E-state index is 0. The van der Waals surface area contributed by atoms with Crippen LogP contribution in [-0.2, 0) is 55.1 Å². The standard InChI is InChI=1S/C23H32N6O2.C14H21BrN4O2.C11H14.2CH4/c1-26-19(25-21-20(26)22(30)28(3)23(31)27(21)2)12-6-4-5-7-14-29-15-9-11-18(29)17-10-8-13-24-16-17;1-17-10(8-6-4-5-7-9-15)16-12-11(17)13(20)19(3)14(21)18(12)2;1-2-6-10(7-3-1)11-8-4-5-9-11;;/h8,10,13,16,18H,4-7,9,11-12,14-15H2,1-3H3;4-9H2,1-3H3;1-3,6-7,11H,4-5,8-9H2;2*1H4. The van der Waals surface area contributed by atoms with Crippen LogP contribution in [0.2, 0.25) is 0 Å². The minimum Gasteiger partial charge on any atom is -0.325 e. The smallest absolute Gasteiger partial charge is 0.325 e. The number of hydrogen-bond acceptors (Lipinski definition) is 8. The number of benzene rings is 1. The largest absolute Gasteiger partial charge is 0.332 e. The monoisotopic (exact) mass is 959 g/mol. The van der Waals surface area contributed by atoms with Crippen molar-refractivity contribution in [3.63, 3.8) is 0 Å². The van der Waals surface area contributed by atoms with E-state index in [4.69, 9.17) is 0 Å². The van der Waals surface area contributed by atoms with Crippen molar-refractivity contribution in [3.05, 3.63) is 119 Å². The first-order valence-corrected chi connectivity index (χ1v) is 24.0. The number of alkyl halides is 1. The molecule has 2 aliphatic rings. The van der Waals surface area contributed by atoms with Crippen molar-refractivity contribution < 1.29 is 0 Å². The van der Waals surface area contributed by atoms with Gasteiger partial charge in [-0.15, -0.1) is 0 Å². The molecule has 1 atom stereocenters. The molecule has 1 saturated carbocycles. The van der Waals surface area contributed by atoms with Gasteiger partial charge < -0.3 is 9.13 Å². The summed E-state index contributed by atoms with van der Waals surface area (Å²) in [5.41, 5.74) is 3.57. The predicted octanol–water partition coefficient (Wildman–Crippen LogP) is 8.39. The van der Waals surface area contributed by atoms with Crippen LogP contribution >= 0.6 is 15.9 Å². The summed E-state index contributed by atoms with van der Waals surface area (Å²) in [7, 11) is 10.0. The van der Waals surface area contributed by atoms with Gasteiger partial charge in [-0.3, -0.25) is 37.7 Å². The third kappa shape index (κ3) is 12.5. The molecule has 65 heavy (non-hydrogen) atoms. The molecule has 356 valence electrons. The van der Waals surface area contributed by atoms with Crippen LogP contribution in [-0.4, -0.2) is 65.7 Å². The number of aromatic nitrogens is 9. The second kappa shape index (κ2) is 25.1. The first kappa shape index (κ1) is 52.7. The Labute approximate surface area is 393 Å². The zero-order valence-electron chi connectivity index (χ0n) is 38.3. The fourth-order valence-electron chi connectivity index (χ4n) is 9.29. The molecule has 0 N–H and O–H groups in total. The fraction of sp³-hybridized carbons (Fsp3) is 0.580. The highest BCUT2D eigenvalue weighted by molar-refractivity contribution is 9.09. The molecule has 14 nitrogen and oxygen atoms in total. The molecule has 1 unspecified atom stereocenters. The summed E-state index contributed by atoms with van der Waals surface area (Å²) in [5.74, 6) is 2.60. The van der Waals surface area contributed by atoms with Gasteiger partial charge in [0, 0.05) is 78.9 Å². The number of halogens is 1. The van der Waals surface area contributed by atoms with Crippen LogP contribution in [0.25, 0.3) is 22.3 Å². The number of aryl methyl sites for hydroxylation is 6. The van der Waals surface area contributed by atoms with Crippen molar-refractivity contribution in [1.82, 2.24) is 47.3 Å². The van der Waals surface area contributed by atoms with E-state index >= 15 is 0 Å². The Balaban J connectivity index is 0.000000234. The second-order valence-electron chi connectivity index (χ2n) is 17.3. The molecule has 15 heteroatoms.